The van der Waals surface area contributed by atoms with E-state index in [1.807, 2.05) is 0 Å². The Kier molecular flexibility index (Phi) is 1.81. The van der Waals surface area contributed by atoms with Gasteiger partial charge in [-0.1, -0.05) is 6.08 Å². The summed E-state index contributed by atoms with van der Waals surface area (Å²) in [5.41, 5.74) is 0. The minimum absolute atomic E-state index is 0.231. The number of allylic oxidation sites excluding steroid dienone is 2. The fourth-order valence-corrected chi connectivity index (χ4v) is 0. The summed E-state index contributed by atoms with van der Waals surface area (Å²) >= 11 is 0. The van der Waals surface area contributed by atoms with E-state index in [9.17, 15) is 4.39 Å². The molecule has 0 N–H and O–H groups in total. The molecule has 0 aromatic carbocycles. The van der Waals surface area contributed by atoms with Crippen LogP contribution in [0.15, 0.2) is 11.9 Å². The minimum Gasteiger partial charge on any atom is -0.212 e. The van der Waals surface area contributed by atoms with E-state index in [0.29, 0.717) is 0 Å². The van der Waals surface area contributed by atoms with Crippen molar-refractivity contribution in [1.29, 1.82) is 0 Å². The molecule has 29 valence electrons. The van der Waals surface area contributed by atoms with Crippen LogP contribution in [-0.4, -0.2) is 0 Å². The first-order valence-corrected chi connectivity index (χ1v) is 1.39. The number of rotatable bonds is 0. The van der Waals surface area contributed by atoms with Crippen molar-refractivity contribution in [1.82, 2.24) is 0 Å². The highest BCUT2D eigenvalue weighted by Crippen LogP contribution is 1.87. The van der Waals surface area contributed by atoms with Gasteiger partial charge in [0.05, 0.1) is 5.83 Å². The Morgan fingerprint density at radius 1 is 2.00 bits per heavy atom. The third-order valence-electron chi connectivity index (χ3n) is 0.281. The Hall–Kier alpha value is -0.330. The average molecular weight is 73.1 g/mol. The molecule has 0 aromatic rings. The summed E-state index contributed by atoms with van der Waals surface area (Å²) in [6.07, 6.45) is 1.17. The largest absolute Gasteiger partial charge is 0.212 e. The molecular weight excluding hydrogens is 67.0 g/mol. The van der Waals surface area contributed by atoms with E-state index < -0.39 is 0 Å². The minimum atomic E-state index is -0.231. The fraction of sp³-hybridized carbons (Fsp3) is 0.250. The van der Waals surface area contributed by atoms with Crippen LogP contribution in [0.25, 0.3) is 0 Å². The molecule has 1 radical (unpaired) electrons. The summed E-state index contributed by atoms with van der Waals surface area (Å²) in [4.78, 5) is 0. The molecule has 5 heavy (non-hydrogen) atoms. The van der Waals surface area contributed by atoms with E-state index in [2.05, 4.69) is 6.92 Å². The van der Waals surface area contributed by atoms with Gasteiger partial charge in [-0.25, -0.2) is 4.39 Å². The molecule has 0 fully saturated rings. The second kappa shape index (κ2) is 1.94. The second-order valence-corrected chi connectivity index (χ2v) is 0.791. The van der Waals surface area contributed by atoms with Gasteiger partial charge in [-0.05, 0) is 13.8 Å². The molecule has 0 spiro atoms. The van der Waals surface area contributed by atoms with Crippen LogP contribution in [0.5, 0.6) is 0 Å². The molecular formula is C4H6F. The molecule has 0 unspecified atom stereocenters. The van der Waals surface area contributed by atoms with Crippen LogP contribution < -0.4 is 0 Å². The molecule has 0 aromatic heterocycles. The molecule has 0 heterocycles. The third kappa shape index (κ3) is 3.67. The van der Waals surface area contributed by atoms with Crippen molar-refractivity contribution >= 4 is 0 Å². The first kappa shape index (κ1) is 4.67. The fourth-order valence-electron chi connectivity index (χ4n) is 0. The van der Waals surface area contributed by atoms with E-state index in [4.69, 9.17) is 0 Å². The lowest BCUT2D eigenvalue weighted by molar-refractivity contribution is 0.640. The van der Waals surface area contributed by atoms with Gasteiger partial charge in [0.1, 0.15) is 0 Å². The number of halogens is 1. The van der Waals surface area contributed by atoms with Crippen molar-refractivity contribution in [2.24, 2.45) is 0 Å². The summed E-state index contributed by atoms with van der Waals surface area (Å²) in [5.74, 6) is -0.231. The van der Waals surface area contributed by atoms with Gasteiger partial charge < -0.3 is 0 Å². The van der Waals surface area contributed by atoms with Crippen LogP contribution in [0.1, 0.15) is 6.92 Å². The summed E-state index contributed by atoms with van der Waals surface area (Å²) in [6, 6.07) is 0. The zero-order valence-electron chi connectivity index (χ0n) is 3.16. The Labute approximate surface area is 31.3 Å². The maximum Gasteiger partial charge on any atom is 0.0929 e. The Balaban J connectivity index is 3.14. The van der Waals surface area contributed by atoms with Gasteiger partial charge in [-0.15, -0.1) is 0 Å². The van der Waals surface area contributed by atoms with Gasteiger partial charge in [0.25, 0.3) is 0 Å². The van der Waals surface area contributed by atoms with Gasteiger partial charge in [-0.2, -0.15) is 0 Å². The first-order valence-electron chi connectivity index (χ1n) is 1.39. The van der Waals surface area contributed by atoms with Crippen molar-refractivity contribution in [2.45, 2.75) is 6.92 Å². The van der Waals surface area contributed by atoms with Gasteiger partial charge >= 0.3 is 0 Å². The summed E-state index contributed by atoms with van der Waals surface area (Å²) in [7, 11) is 0. The van der Waals surface area contributed by atoms with Crippen molar-refractivity contribution in [3.8, 4) is 0 Å². The number of hydrogen-bond donors (Lipinski definition) is 0. The monoisotopic (exact) mass is 73.0 g/mol. The van der Waals surface area contributed by atoms with Crippen LogP contribution in [0.4, 0.5) is 4.39 Å². The van der Waals surface area contributed by atoms with Gasteiger partial charge in [0, 0.05) is 0 Å². The quantitative estimate of drug-likeness (QED) is 0.409. The van der Waals surface area contributed by atoms with E-state index >= 15 is 0 Å². The van der Waals surface area contributed by atoms with Crippen molar-refractivity contribution in [3.63, 3.8) is 0 Å². The molecule has 0 bridgehead atoms. The molecule has 0 saturated carbocycles. The van der Waals surface area contributed by atoms with Crippen LogP contribution in [0.2, 0.25) is 0 Å². The third-order valence-corrected chi connectivity index (χ3v) is 0.281. The molecule has 1 heteroatoms. The van der Waals surface area contributed by atoms with Gasteiger partial charge in [0.15, 0.2) is 0 Å². The summed E-state index contributed by atoms with van der Waals surface area (Å²) in [6.45, 7) is 4.50. The summed E-state index contributed by atoms with van der Waals surface area (Å²) in [5, 5.41) is 0. The lowest BCUT2D eigenvalue weighted by Gasteiger charge is -1.68. The lowest BCUT2D eigenvalue weighted by Crippen LogP contribution is -1.48. The Morgan fingerprint density at radius 2 is 2.20 bits per heavy atom. The topological polar surface area (TPSA) is 0 Å². The van der Waals surface area contributed by atoms with Gasteiger partial charge in [0.2, 0.25) is 0 Å². The van der Waals surface area contributed by atoms with Crippen molar-refractivity contribution in [3.05, 3.63) is 18.8 Å². The SMILES string of the molecule is [CH2]/C=C(\C)F. The maximum absolute atomic E-state index is 11.2. The Morgan fingerprint density at radius 3 is 2.20 bits per heavy atom. The van der Waals surface area contributed by atoms with E-state index in [-0.39, 0.29) is 5.83 Å². The molecule has 0 aliphatic carbocycles. The molecule has 0 aliphatic rings. The highest BCUT2D eigenvalue weighted by atomic mass is 19.1. The zero-order chi connectivity index (χ0) is 4.28. The second-order valence-electron chi connectivity index (χ2n) is 0.791. The molecule has 0 atom stereocenters. The van der Waals surface area contributed by atoms with Crippen LogP contribution in [0.3, 0.4) is 0 Å². The normalized spacial score (nSPS) is 12.2. The smallest absolute Gasteiger partial charge is 0.0929 e. The van der Waals surface area contributed by atoms with E-state index in [1.54, 1.807) is 0 Å². The van der Waals surface area contributed by atoms with Crippen LogP contribution in [0, 0.1) is 6.92 Å². The zero-order valence-corrected chi connectivity index (χ0v) is 3.16. The first-order chi connectivity index (χ1) is 2.27. The van der Waals surface area contributed by atoms with Crippen LogP contribution >= 0.6 is 0 Å². The lowest BCUT2D eigenvalue weighted by atomic mass is 10.6. The highest BCUT2D eigenvalue weighted by molar-refractivity contribution is 4.87. The predicted octanol–water partition coefficient (Wildman–Crippen LogP) is 1.69. The van der Waals surface area contributed by atoms with Crippen LogP contribution in [-0.2, 0) is 0 Å². The van der Waals surface area contributed by atoms with Crippen molar-refractivity contribution in [2.75, 3.05) is 0 Å². The standard InChI is InChI=1S/C4H6F/c1-3-4(2)5/h3H,1H2,2H3/b4-3+. The average Bonchev–Trinajstić information content (AvgIpc) is 1.38. The number of hydrogen-bond acceptors (Lipinski definition) is 0. The van der Waals surface area contributed by atoms with E-state index in [1.165, 1.54) is 13.0 Å². The predicted molar refractivity (Wildman–Crippen MR) is 20.2 cm³/mol. The van der Waals surface area contributed by atoms with E-state index in [0.717, 1.165) is 0 Å². The maximum atomic E-state index is 11.2. The molecule has 0 nitrogen and oxygen atoms in total. The van der Waals surface area contributed by atoms with Gasteiger partial charge in [-0.3, -0.25) is 0 Å². The molecule has 0 aliphatic heterocycles. The molecule has 0 saturated heterocycles. The Bertz CT molecular complexity index is 41.6. The molecule has 0 amide bonds. The highest BCUT2D eigenvalue weighted by Gasteiger charge is 1.67. The molecule has 0 rings (SSSR count). The summed E-state index contributed by atoms with van der Waals surface area (Å²) < 4.78 is 11.2. The van der Waals surface area contributed by atoms with Crippen molar-refractivity contribution < 1.29 is 4.39 Å².